The lowest BCUT2D eigenvalue weighted by Gasteiger charge is -2.17. The second-order valence-electron chi connectivity index (χ2n) is 5.90. The number of carbonyl (C=O) groups excluding carboxylic acids is 2. The Hall–Kier alpha value is -0.350. The van der Waals surface area contributed by atoms with Gasteiger partial charge in [0.15, 0.2) is 0 Å². The predicted molar refractivity (Wildman–Crippen MR) is 93.1 cm³/mol. The van der Waals surface area contributed by atoms with Gasteiger partial charge in [-0.1, -0.05) is 58.3 Å². The van der Waals surface area contributed by atoms with Crippen LogP contribution in [0.1, 0.15) is 71.6 Å². The van der Waals surface area contributed by atoms with Crippen LogP contribution < -0.4 is 5.32 Å². The van der Waals surface area contributed by atoms with Crippen molar-refractivity contribution in [2.75, 3.05) is 12.3 Å². The van der Waals surface area contributed by atoms with E-state index >= 15 is 0 Å². The summed E-state index contributed by atoms with van der Waals surface area (Å²) in [4.78, 5) is 22.4. The number of aldehydes is 1. The summed E-state index contributed by atoms with van der Waals surface area (Å²) in [5, 5.41) is 3.11. The Morgan fingerprint density at radius 1 is 1.10 bits per heavy atom. The van der Waals surface area contributed by atoms with Crippen molar-refractivity contribution in [2.45, 2.75) is 77.7 Å². The summed E-state index contributed by atoms with van der Waals surface area (Å²) in [7, 11) is 0. The minimum Gasteiger partial charge on any atom is -0.306 e. The van der Waals surface area contributed by atoms with E-state index in [1.54, 1.807) is 6.92 Å². The summed E-state index contributed by atoms with van der Waals surface area (Å²) in [6.07, 6.45) is 12.0. The van der Waals surface area contributed by atoms with Crippen LogP contribution in [0.3, 0.4) is 0 Å². The molecule has 3 nitrogen and oxygen atoms in total. The summed E-state index contributed by atoms with van der Waals surface area (Å²) in [6, 6.07) is -0.242. The highest BCUT2D eigenvalue weighted by atomic mass is 32.1. The molecule has 0 heterocycles. The number of hydrogen-bond donors (Lipinski definition) is 2. The Kier molecular flexibility index (Phi) is 14.3. The molecule has 4 heteroatoms. The number of nitrogens with one attached hydrogen (secondary N) is 1. The first-order chi connectivity index (χ1) is 10.2. The van der Waals surface area contributed by atoms with Crippen molar-refractivity contribution in [1.82, 2.24) is 5.32 Å². The van der Waals surface area contributed by atoms with Gasteiger partial charge in [0, 0.05) is 18.2 Å². The molecule has 0 aliphatic heterocycles. The molecular formula is C17H33NO2S. The third-order valence-corrected chi connectivity index (χ3v) is 4.36. The number of ketones is 1. The molecule has 0 aromatic rings. The molecule has 1 N–H and O–H groups in total. The number of thiol groups is 1. The normalized spacial score (nSPS) is 13.9. The van der Waals surface area contributed by atoms with Crippen molar-refractivity contribution in [3.05, 3.63) is 0 Å². The molecule has 0 spiro atoms. The molecule has 0 aromatic carbocycles. The van der Waals surface area contributed by atoms with Gasteiger partial charge in [-0.2, -0.15) is 12.6 Å². The fourth-order valence-electron chi connectivity index (χ4n) is 2.42. The Morgan fingerprint density at radius 2 is 1.67 bits per heavy atom. The predicted octanol–water partition coefficient (Wildman–Crippen LogP) is 3.81. The molecule has 0 aliphatic rings. The van der Waals surface area contributed by atoms with Crippen molar-refractivity contribution in [3.63, 3.8) is 0 Å². The molecule has 2 atom stereocenters. The molecule has 0 radical (unpaired) electrons. The zero-order valence-electron chi connectivity index (χ0n) is 13.8. The van der Waals surface area contributed by atoms with Gasteiger partial charge in [-0.25, -0.2) is 0 Å². The molecule has 0 rings (SSSR count). The quantitative estimate of drug-likeness (QED) is 0.274. The minimum atomic E-state index is -0.242. The van der Waals surface area contributed by atoms with E-state index in [2.05, 4.69) is 24.9 Å². The molecule has 0 aliphatic carbocycles. The van der Waals surface area contributed by atoms with Gasteiger partial charge in [-0.05, 0) is 13.3 Å². The van der Waals surface area contributed by atoms with E-state index in [1.807, 2.05) is 0 Å². The Bertz CT molecular complexity index is 272. The molecule has 0 amide bonds. The minimum absolute atomic E-state index is 0.0347. The third-order valence-electron chi connectivity index (χ3n) is 3.97. The Labute approximate surface area is 136 Å². The molecule has 21 heavy (non-hydrogen) atoms. The number of carbonyl (C=O) groups is 2. The van der Waals surface area contributed by atoms with Crippen molar-refractivity contribution < 1.29 is 9.59 Å². The van der Waals surface area contributed by atoms with Crippen molar-refractivity contribution in [2.24, 2.45) is 5.92 Å². The number of Topliss-reactive ketones (excluding diaryl/α,β-unsaturated/α-hetero) is 1. The molecule has 124 valence electrons. The van der Waals surface area contributed by atoms with E-state index in [9.17, 15) is 9.59 Å². The monoisotopic (exact) mass is 315 g/mol. The molecule has 1 unspecified atom stereocenters. The van der Waals surface area contributed by atoms with Gasteiger partial charge in [0.2, 0.25) is 0 Å². The van der Waals surface area contributed by atoms with E-state index < -0.39 is 0 Å². The third kappa shape index (κ3) is 11.9. The summed E-state index contributed by atoms with van der Waals surface area (Å²) >= 11 is 4.10. The summed E-state index contributed by atoms with van der Waals surface area (Å²) in [6.45, 7) is 4.47. The molecule has 0 bridgehead atoms. The fraction of sp³-hybridized carbons (Fsp3) is 0.882. The second kappa shape index (κ2) is 14.6. The average Bonchev–Trinajstić information content (AvgIpc) is 2.48. The van der Waals surface area contributed by atoms with E-state index in [0.717, 1.165) is 19.1 Å². The zero-order chi connectivity index (χ0) is 15.9. The Morgan fingerprint density at radius 3 is 2.14 bits per heavy atom. The van der Waals surface area contributed by atoms with Crippen LogP contribution >= 0.6 is 12.6 Å². The second-order valence-corrected chi connectivity index (χ2v) is 6.27. The molecule has 0 aromatic heterocycles. The zero-order valence-corrected chi connectivity index (χ0v) is 14.7. The first kappa shape index (κ1) is 20.6. The molecule has 0 saturated carbocycles. The standard InChI is InChI=1S/C17H33NO2S/c1-3-4-5-6-7-8-9-10-11-16(15(2)20)12-18-17(13-19)14-21/h13,16-18,21H,3-12,14H2,1-2H3/t16?,17-/m1/s1. The highest BCUT2D eigenvalue weighted by Crippen LogP contribution is 2.14. The number of hydrogen-bond acceptors (Lipinski definition) is 4. The van der Waals surface area contributed by atoms with E-state index in [4.69, 9.17) is 0 Å². The largest absolute Gasteiger partial charge is 0.306 e. The van der Waals surface area contributed by atoms with Crippen molar-refractivity contribution >= 4 is 24.7 Å². The molecule has 0 saturated heterocycles. The van der Waals surface area contributed by atoms with Crippen molar-refractivity contribution in [1.29, 1.82) is 0 Å². The van der Waals surface area contributed by atoms with Gasteiger partial charge in [-0.3, -0.25) is 4.79 Å². The first-order valence-corrected chi connectivity index (χ1v) is 9.08. The highest BCUT2D eigenvalue weighted by Gasteiger charge is 2.15. The van der Waals surface area contributed by atoms with Gasteiger partial charge in [0.05, 0.1) is 6.04 Å². The van der Waals surface area contributed by atoms with E-state index in [1.165, 1.54) is 44.9 Å². The van der Waals surface area contributed by atoms with Crippen LogP contribution in [0.2, 0.25) is 0 Å². The molecular weight excluding hydrogens is 282 g/mol. The van der Waals surface area contributed by atoms with E-state index in [0.29, 0.717) is 12.3 Å². The van der Waals surface area contributed by atoms with Crippen molar-refractivity contribution in [3.8, 4) is 0 Å². The smallest absolute Gasteiger partial charge is 0.137 e. The summed E-state index contributed by atoms with van der Waals surface area (Å²) in [5.74, 6) is 0.730. The van der Waals surface area contributed by atoms with Crippen LogP contribution in [0.4, 0.5) is 0 Å². The lowest BCUT2D eigenvalue weighted by atomic mass is 9.96. The van der Waals surface area contributed by atoms with Crippen LogP contribution in [0.15, 0.2) is 0 Å². The van der Waals surface area contributed by atoms with Gasteiger partial charge in [0.1, 0.15) is 12.1 Å². The lowest BCUT2D eigenvalue weighted by molar-refractivity contribution is -0.121. The van der Waals surface area contributed by atoms with Crippen LogP contribution in [-0.2, 0) is 9.59 Å². The lowest BCUT2D eigenvalue weighted by Crippen LogP contribution is -2.37. The van der Waals surface area contributed by atoms with E-state index in [-0.39, 0.29) is 17.7 Å². The SMILES string of the molecule is CCCCCCCCCCC(CN[C@H](C=O)CS)C(C)=O. The topological polar surface area (TPSA) is 46.2 Å². The molecule has 0 fully saturated rings. The van der Waals surface area contributed by atoms with Crippen LogP contribution in [0.25, 0.3) is 0 Å². The maximum Gasteiger partial charge on any atom is 0.137 e. The van der Waals surface area contributed by atoms with Gasteiger partial charge in [-0.15, -0.1) is 0 Å². The summed E-state index contributed by atoms with van der Waals surface area (Å²) < 4.78 is 0. The maximum atomic E-state index is 11.6. The average molecular weight is 316 g/mol. The van der Waals surface area contributed by atoms with Gasteiger partial charge in [0.25, 0.3) is 0 Å². The van der Waals surface area contributed by atoms with Crippen LogP contribution in [-0.4, -0.2) is 30.4 Å². The summed E-state index contributed by atoms with van der Waals surface area (Å²) in [5.41, 5.74) is 0. The van der Waals surface area contributed by atoms with Crippen LogP contribution in [0, 0.1) is 5.92 Å². The van der Waals surface area contributed by atoms with Gasteiger partial charge < -0.3 is 10.1 Å². The number of rotatable bonds is 15. The van der Waals surface area contributed by atoms with Crippen LogP contribution in [0.5, 0.6) is 0 Å². The number of unbranched alkanes of at least 4 members (excludes halogenated alkanes) is 7. The van der Waals surface area contributed by atoms with Gasteiger partial charge >= 0.3 is 0 Å². The Balaban J connectivity index is 3.70. The fourth-order valence-corrected chi connectivity index (χ4v) is 2.64. The maximum absolute atomic E-state index is 11.6. The first-order valence-electron chi connectivity index (χ1n) is 8.45. The highest BCUT2D eigenvalue weighted by molar-refractivity contribution is 7.80.